The summed E-state index contributed by atoms with van der Waals surface area (Å²) in [7, 11) is 1.25. The van der Waals surface area contributed by atoms with Crippen molar-refractivity contribution in [3.8, 4) is 0 Å². The van der Waals surface area contributed by atoms with Gasteiger partial charge in [0.2, 0.25) is 5.91 Å². The van der Waals surface area contributed by atoms with Crippen LogP contribution in [0.15, 0.2) is 54.6 Å². The Balaban J connectivity index is 1.77. The minimum atomic E-state index is -1.14. The number of amides is 2. The van der Waals surface area contributed by atoms with Crippen molar-refractivity contribution in [2.45, 2.75) is 31.6 Å². The highest BCUT2D eigenvalue weighted by Crippen LogP contribution is 2.11. The van der Waals surface area contributed by atoms with Gasteiger partial charge in [0.25, 0.3) is 0 Å². The number of methoxy groups -OCH3 is 1. The zero-order valence-electron chi connectivity index (χ0n) is 17.0. The molecular formula is C22H25IN2O6. The summed E-state index contributed by atoms with van der Waals surface area (Å²) < 4.78 is 10.8. The molecule has 9 heteroatoms. The summed E-state index contributed by atoms with van der Waals surface area (Å²) in [5, 5.41) is 15.0. The second-order valence-electron chi connectivity index (χ2n) is 6.78. The van der Waals surface area contributed by atoms with Crippen molar-refractivity contribution in [2.75, 3.05) is 13.7 Å². The van der Waals surface area contributed by atoms with E-state index in [4.69, 9.17) is 9.47 Å². The van der Waals surface area contributed by atoms with Gasteiger partial charge in [-0.15, -0.1) is 0 Å². The van der Waals surface area contributed by atoms with Crippen molar-refractivity contribution in [2.24, 2.45) is 0 Å². The second-order valence-corrected chi connectivity index (χ2v) is 8.02. The lowest BCUT2D eigenvalue weighted by Crippen LogP contribution is -2.45. The number of benzene rings is 2. The lowest BCUT2D eigenvalue weighted by molar-refractivity contribution is -0.145. The highest BCUT2D eigenvalue weighted by molar-refractivity contribution is 14.1. The summed E-state index contributed by atoms with van der Waals surface area (Å²) in [6.07, 6.45) is -1.87. The van der Waals surface area contributed by atoms with Crippen LogP contribution >= 0.6 is 22.6 Å². The number of carbonyl (C=O) groups excluding carboxylic acids is 3. The minimum absolute atomic E-state index is 0.0997. The van der Waals surface area contributed by atoms with Crippen LogP contribution in [-0.4, -0.2) is 48.9 Å². The zero-order valence-corrected chi connectivity index (χ0v) is 19.2. The molecule has 0 aliphatic heterocycles. The van der Waals surface area contributed by atoms with Gasteiger partial charge in [-0.3, -0.25) is 4.79 Å². The third-order valence-electron chi connectivity index (χ3n) is 4.27. The van der Waals surface area contributed by atoms with Gasteiger partial charge in [0.05, 0.1) is 19.6 Å². The highest BCUT2D eigenvalue weighted by atomic mass is 127. The van der Waals surface area contributed by atoms with Crippen LogP contribution in [0, 0.1) is 3.57 Å². The first-order valence-electron chi connectivity index (χ1n) is 9.61. The average molecular weight is 540 g/mol. The SMILES string of the molecule is COC(=O)[C@H](Cc1cccc(I)c1)NC(=O)C[C@H](O)CNC(=O)OCc1ccccc1. The molecule has 0 bridgehead atoms. The van der Waals surface area contributed by atoms with E-state index in [0.29, 0.717) is 0 Å². The van der Waals surface area contributed by atoms with Gasteiger partial charge >= 0.3 is 12.1 Å². The Morgan fingerprint density at radius 2 is 1.77 bits per heavy atom. The molecule has 31 heavy (non-hydrogen) atoms. The number of aliphatic hydroxyl groups excluding tert-OH is 1. The molecule has 3 N–H and O–H groups in total. The Morgan fingerprint density at radius 1 is 1.06 bits per heavy atom. The largest absolute Gasteiger partial charge is 0.467 e. The van der Waals surface area contributed by atoms with Crippen LogP contribution < -0.4 is 10.6 Å². The van der Waals surface area contributed by atoms with Gasteiger partial charge in [-0.1, -0.05) is 42.5 Å². The third-order valence-corrected chi connectivity index (χ3v) is 4.94. The van der Waals surface area contributed by atoms with Gasteiger partial charge in [-0.2, -0.15) is 0 Å². The first kappa shape index (κ1) is 24.6. The molecule has 166 valence electrons. The minimum Gasteiger partial charge on any atom is -0.467 e. The van der Waals surface area contributed by atoms with Crippen molar-refractivity contribution < 1.29 is 29.0 Å². The number of esters is 1. The Morgan fingerprint density at radius 3 is 2.45 bits per heavy atom. The lowest BCUT2D eigenvalue weighted by atomic mass is 10.1. The Kier molecular flexibility index (Phi) is 10.2. The summed E-state index contributed by atoms with van der Waals surface area (Å²) in [6.45, 7) is -0.0662. The summed E-state index contributed by atoms with van der Waals surface area (Å²) in [5.74, 6) is -1.11. The Labute approximate surface area is 194 Å². The van der Waals surface area contributed by atoms with Crippen LogP contribution in [0.4, 0.5) is 4.79 Å². The smallest absolute Gasteiger partial charge is 0.407 e. The second kappa shape index (κ2) is 12.9. The normalized spacial score (nSPS) is 12.4. The molecule has 0 heterocycles. The maximum Gasteiger partial charge on any atom is 0.407 e. The number of halogens is 1. The molecular weight excluding hydrogens is 515 g/mol. The van der Waals surface area contributed by atoms with E-state index in [2.05, 4.69) is 33.2 Å². The van der Waals surface area contributed by atoms with E-state index in [0.717, 1.165) is 14.7 Å². The maximum absolute atomic E-state index is 12.3. The Hall–Kier alpha value is -2.66. The number of alkyl carbamates (subject to hydrolysis) is 1. The molecule has 0 radical (unpaired) electrons. The van der Waals surface area contributed by atoms with Gasteiger partial charge in [0, 0.05) is 16.5 Å². The highest BCUT2D eigenvalue weighted by Gasteiger charge is 2.23. The third kappa shape index (κ3) is 9.35. The Bertz CT molecular complexity index is 877. The molecule has 2 atom stereocenters. The number of aliphatic hydroxyl groups is 1. The van der Waals surface area contributed by atoms with E-state index in [-0.39, 0.29) is 26.0 Å². The summed E-state index contributed by atoms with van der Waals surface area (Å²) in [6, 6.07) is 15.8. The molecule has 0 saturated carbocycles. The van der Waals surface area contributed by atoms with Crippen LogP contribution in [0.3, 0.4) is 0 Å². The van der Waals surface area contributed by atoms with E-state index >= 15 is 0 Å². The molecule has 0 aliphatic rings. The topological polar surface area (TPSA) is 114 Å². The van der Waals surface area contributed by atoms with Gasteiger partial charge in [0.1, 0.15) is 12.6 Å². The first-order chi connectivity index (χ1) is 14.9. The van der Waals surface area contributed by atoms with E-state index in [1.165, 1.54) is 7.11 Å². The summed E-state index contributed by atoms with van der Waals surface area (Å²) in [4.78, 5) is 36.1. The standard InChI is InChI=1S/C22H25IN2O6/c1-30-21(28)19(11-16-8-5-9-17(23)10-16)25-20(27)12-18(26)13-24-22(29)31-14-15-6-3-2-4-7-15/h2-10,18-19,26H,11-14H2,1H3,(H,24,29)(H,25,27)/t18-,19-/m0/s1. The molecule has 2 rings (SSSR count). The fourth-order valence-electron chi connectivity index (χ4n) is 2.75. The lowest BCUT2D eigenvalue weighted by Gasteiger charge is -2.18. The van der Waals surface area contributed by atoms with Crippen LogP contribution in [0.25, 0.3) is 0 Å². The maximum atomic E-state index is 12.3. The predicted octanol–water partition coefficient (Wildman–Crippen LogP) is 2.17. The monoisotopic (exact) mass is 540 g/mol. The van der Waals surface area contributed by atoms with Crippen molar-refractivity contribution in [3.05, 3.63) is 69.3 Å². The summed E-state index contributed by atoms with van der Waals surface area (Å²) >= 11 is 2.16. The molecule has 0 saturated heterocycles. The molecule has 2 aromatic rings. The fraction of sp³-hybridized carbons (Fsp3) is 0.318. The van der Waals surface area contributed by atoms with E-state index < -0.39 is 30.1 Å². The molecule has 2 aromatic carbocycles. The number of nitrogens with one attached hydrogen (secondary N) is 2. The van der Waals surface area contributed by atoms with Crippen LogP contribution in [-0.2, 0) is 32.1 Å². The van der Waals surface area contributed by atoms with Crippen molar-refractivity contribution in [3.63, 3.8) is 0 Å². The molecule has 0 aliphatic carbocycles. The van der Waals surface area contributed by atoms with Crippen LogP contribution in [0.1, 0.15) is 17.5 Å². The van der Waals surface area contributed by atoms with Gasteiger partial charge in [0.15, 0.2) is 0 Å². The fourth-order valence-corrected chi connectivity index (χ4v) is 3.36. The van der Waals surface area contributed by atoms with Crippen LogP contribution in [0.2, 0.25) is 0 Å². The number of ether oxygens (including phenoxy) is 2. The molecule has 8 nitrogen and oxygen atoms in total. The number of hydrogen-bond acceptors (Lipinski definition) is 6. The molecule has 0 unspecified atom stereocenters. The van der Waals surface area contributed by atoms with E-state index in [1.54, 1.807) is 0 Å². The quantitative estimate of drug-likeness (QED) is 0.315. The number of rotatable bonds is 10. The average Bonchev–Trinajstić information content (AvgIpc) is 2.76. The summed E-state index contributed by atoms with van der Waals surface area (Å²) in [5.41, 5.74) is 1.70. The zero-order chi connectivity index (χ0) is 22.6. The van der Waals surface area contributed by atoms with E-state index in [1.807, 2.05) is 54.6 Å². The van der Waals surface area contributed by atoms with Crippen LogP contribution in [0.5, 0.6) is 0 Å². The first-order valence-corrected chi connectivity index (χ1v) is 10.7. The molecule has 2 amide bonds. The predicted molar refractivity (Wildman–Crippen MR) is 122 cm³/mol. The van der Waals surface area contributed by atoms with Gasteiger partial charge in [-0.25, -0.2) is 9.59 Å². The molecule has 0 fully saturated rings. The molecule has 0 aromatic heterocycles. The van der Waals surface area contributed by atoms with Gasteiger partial charge in [-0.05, 0) is 45.9 Å². The number of hydrogen-bond donors (Lipinski definition) is 3. The van der Waals surface area contributed by atoms with Gasteiger partial charge < -0.3 is 25.2 Å². The van der Waals surface area contributed by atoms with Crippen molar-refractivity contribution >= 4 is 40.6 Å². The van der Waals surface area contributed by atoms with Crippen molar-refractivity contribution in [1.29, 1.82) is 0 Å². The number of carbonyl (C=O) groups is 3. The van der Waals surface area contributed by atoms with Crippen molar-refractivity contribution in [1.82, 2.24) is 10.6 Å². The van der Waals surface area contributed by atoms with E-state index in [9.17, 15) is 19.5 Å². The molecule has 0 spiro atoms.